The summed E-state index contributed by atoms with van der Waals surface area (Å²) in [7, 11) is -4.27. The van der Waals surface area contributed by atoms with Crippen LogP contribution in [0.15, 0.2) is 41.3 Å². The minimum absolute atomic E-state index is 0.0447. The maximum Gasteiger partial charge on any atom is 0.244 e. The Bertz CT molecular complexity index is 1600. The van der Waals surface area contributed by atoms with Crippen molar-refractivity contribution in [1.29, 1.82) is 0 Å². The second-order valence-electron chi connectivity index (χ2n) is 12.6. The second-order valence-corrected chi connectivity index (χ2v) is 16.9. The Kier molecular flexibility index (Phi) is 14.7. The lowest BCUT2D eigenvalue weighted by molar-refractivity contribution is -0.135. The molecule has 5 amide bonds. The van der Waals surface area contributed by atoms with E-state index in [1.165, 1.54) is 36.9 Å². The maximum absolute atomic E-state index is 14.2. The Labute approximate surface area is 297 Å². The van der Waals surface area contributed by atoms with Crippen molar-refractivity contribution in [2.75, 3.05) is 25.1 Å². The SMILES string of the molecule is CSCC[C@@H]1NC(=O)[C@H](C(C)C)NC(=O)[C@@H](C)NC(=O)CN(S(=O)(=O)c2cc(C)sc2C)C[C@@H](Cc2ccccc2)NC(=O)[C@H](C)NC1=O. The summed E-state index contributed by atoms with van der Waals surface area (Å²) in [6.45, 7) is 8.92. The van der Waals surface area contributed by atoms with E-state index < -0.39 is 76.3 Å². The van der Waals surface area contributed by atoms with Gasteiger partial charge in [0.2, 0.25) is 39.6 Å². The topological polar surface area (TPSA) is 183 Å². The lowest BCUT2D eigenvalue weighted by Gasteiger charge is -2.30. The van der Waals surface area contributed by atoms with Crippen LogP contribution in [-0.2, 0) is 40.4 Å². The normalized spacial score (nSPS) is 24.2. The van der Waals surface area contributed by atoms with Gasteiger partial charge in [-0.3, -0.25) is 24.0 Å². The van der Waals surface area contributed by atoms with Gasteiger partial charge in [0, 0.05) is 22.3 Å². The maximum atomic E-state index is 14.2. The van der Waals surface area contributed by atoms with E-state index in [4.69, 9.17) is 0 Å². The number of carbonyl (C=O) groups excluding carboxylic acids is 5. The highest BCUT2D eigenvalue weighted by Crippen LogP contribution is 2.28. The molecule has 0 unspecified atom stereocenters. The number of aryl methyl sites for hydroxylation is 2. The van der Waals surface area contributed by atoms with Crippen LogP contribution in [0, 0.1) is 19.8 Å². The van der Waals surface area contributed by atoms with E-state index in [0.717, 1.165) is 14.7 Å². The number of rotatable bonds is 8. The molecule has 1 aliphatic heterocycles. The molecule has 3 rings (SSSR count). The van der Waals surface area contributed by atoms with Crippen molar-refractivity contribution in [3.63, 3.8) is 0 Å². The van der Waals surface area contributed by atoms with Crippen LogP contribution in [0.1, 0.15) is 49.4 Å². The Balaban J connectivity index is 2.07. The molecule has 1 aromatic heterocycles. The van der Waals surface area contributed by atoms with Crippen LogP contribution >= 0.6 is 23.1 Å². The van der Waals surface area contributed by atoms with E-state index in [0.29, 0.717) is 10.6 Å². The summed E-state index contributed by atoms with van der Waals surface area (Å²) in [5.74, 6) is -3.00. The third-order valence-corrected chi connectivity index (χ3v) is 11.7. The summed E-state index contributed by atoms with van der Waals surface area (Å²) in [5.41, 5.74) is 0.806. The van der Waals surface area contributed by atoms with E-state index in [1.54, 1.807) is 33.8 Å². The van der Waals surface area contributed by atoms with E-state index in [1.807, 2.05) is 36.6 Å². The Hall–Kier alpha value is -3.47. The summed E-state index contributed by atoms with van der Waals surface area (Å²) >= 11 is 2.79. The molecule has 0 bridgehead atoms. The summed E-state index contributed by atoms with van der Waals surface area (Å²) < 4.78 is 29.3. The Morgan fingerprint density at radius 1 is 0.878 bits per heavy atom. The first kappa shape index (κ1) is 40.0. The number of hydrogen-bond donors (Lipinski definition) is 5. The Morgan fingerprint density at radius 2 is 1.51 bits per heavy atom. The van der Waals surface area contributed by atoms with Crippen LogP contribution in [0.2, 0.25) is 0 Å². The molecule has 0 saturated carbocycles. The zero-order valence-corrected chi connectivity index (χ0v) is 31.4. The van der Waals surface area contributed by atoms with Crippen LogP contribution in [0.25, 0.3) is 0 Å². The molecule has 16 heteroatoms. The van der Waals surface area contributed by atoms with E-state index >= 15 is 0 Å². The molecule has 1 saturated heterocycles. The van der Waals surface area contributed by atoms with E-state index in [-0.39, 0.29) is 30.2 Å². The fraction of sp³-hybridized carbons (Fsp3) is 0.545. The number of thiophene rings is 1. The van der Waals surface area contributed by atoms with Gasteiger partial charge < -0.3 is 26.6 Å². The van der Waals surface area contributed by atoms with Gasteiger partial charge in [0.1, 0.15) is 24.2 Å². The summed E-state index contributed by atoms with van der Waals surface area (Å²) in [6.07, 6.45) is 2.34. The number of thioether (sulfide) groups is 1. The quantitative estimate of drug-likeness (QED) is 0.270. The summed E-state index contributed by atoms with van der Waals surface area (Å²) in [5, 5.41) is 13.5. The van der Waals surface area contributed by atoms with Gasteiger partial charge in [0.25, 0.3) is 0 Å². The molecule has 2 aromatic rings. The molecule has 5 atom stereocenters. The lowest BCUT2D eigenvalue weighted by Crippen LogP contribution is -2.60. The predicted molar refractivity (Wildman–Crippen MR) is 192 cm³/mol. The number of benzene rings is 1. The average molecular weight is 737 g/mol. The van der Waals surface area contributed by atoms with Crippen molar-refractivity contribution >= 4 is 62.7 Å². The molecule has 270 valence electrons. The first-order valence-corrected chi connectivity index (χ1v) is 19.8. The zero-order valence-electron chi connectivity index (χ0n) is 29.0. The van der Waals surface area contributed by atoms with Crippen molar-refractivity contribution in [2.45, 2.75) is 89.5 Å². The summed E-state index contributed by atoms with van der Waals surface area (Å²) in [4.78, 5) is 68.5. The number of nitrogens with zero attached hydrogens (tertiary/aromatic N) is 1. The fourth-order valence-electron chi connectivity index (χ4n) is 5.35. The average Bonchev–Trinajstić information content (AvgIpc) is 3.38. The number of carbonyl (C=O) groups is 5. The highest BCUT2D eigenvalue weighted by molar-refractivity contribution is 7.98. The molecule has 1 aliphatic rings. The van der Waals surface area contributed by atoms with Gasteiger partial charge in [-0.2, -0.15) is 16.1 Å². The smallest absolute Gasteiger partial charge is 0.244 e. The van der Waals surface area contributed by atoms with Crippen LogP contribution < -0.4 is 26.6 Å². The monoisotopic (exact) mass is 736 g/mol. The van der Waals surface area contributed by atoms with Gasteiger partial charge in [-0.1, -0.05) is 44.2 Å². The van der Waals surface area contributed by atoms with Crippen molar-refractivity contribution in [3.05, 3.63) is 51.7 Å². The largest absolute Gasteiger partial charge is 0.350 e. The van der Waals surface area contributed by atoms with E-state index in [2.05, 4.69) is 26.6 Å². The third-order valence-electron chi connectivity index (χ3n) is 8.04. The minimum atomic E-state index is -4.27. The molecule has 1 aromatic carbocycles. The molecule has 0 radical (unpaired) electrons. The molecule has 1 fully saturated rings. The second kappa shape index (κ2) is 18.0. The van der Waals surface area contributed by atoms with Crippen LogP contribution in [0.5, 0.6) is 0 Å². The zero-order chi connectivity index (χ0) is 36.5. The van der Waals surface area contributed by atoms with Gasteiger partial charge in [-0.15, -0.1) is 11.3 Å². The van der Waals surface area contributed by atoms with Gasteiger partial charge in [0.05, 0.1) is 11.4 Å². The van der Waals surface area contributed by atoms with Crippen molar-refractivity contribution in [2.24, 2.45) is 5.92 Å². The standard InChI is InChI=1S/C33H48N6O7S3/c1-19(2)29-33(44)37-26(13-14-47-7)32(43)35-22(5)30(41)36-25(16-24-11-9-8-10-12-24)17-39(18-28(40)34-21(4)31(42)38-29)49(45,46)27-15-20(3)48-23(27)6/h8-12,15,19,21-22,25-26,29H,13-14,16-18H2,1-7H3,(H,34,40)(H,35,43)(H,36,41)(H,37,44)(H,38,42)/t21-,22+,25-,26+,29+/m1/s1. The number of amides is 5. The van der Waals surface area contributed by atoms with Gasteiger partial charge >= 0.3 is 0 Å². The highest BCUT2D eigenvalue weighted by Gasteiger charge is 2.35. The van der Waals surface area contributed by atoms with Gasteiger partial charge in [-0.25, -0.2) is 8.42 Å². The fourth-order valence-corrected chi connectivity index (χ4v) is 8.79. The van der Waals surface area contributed by atoms with Crippen molar-refractivity contribution in [3.8, 4) is 0 Å². The molecule has 0 aliphatic carbocycles. The van der Waals surface area contributed by atoms with Crippen LogP contribution in [-0.4, -0.2) is 97.6 Å². The highest BCUT2D eigenvalue weighted by atomic mass is 32.2. The molecular formula is C33H48N6O7S3. The Morgan fingerprint density at radius 3 is 2.10 bits per heavy atom. The molecule has 13 nitrogen and oxygen atoms in total. The number of nitrogens with one attached hydrogen (secondary N) is 5. The third kappa shape index (κ3) is 11.3. The van der Waals surface area contributed by atoms with Gasteiger partial charge in [-0.05, 0) is 70.1 Å². The van der Waals surface area contributed by atoms with E-state index in [9.17, 15) is 32.4 Å². The van der Waals surface area contributed by atoms with Crippen LogP contribution in [0.4, 0.5) is 0 Å². The summed E-state index contributed by atoms with van der Waals surface area (Å²) in [6, 6.07) is 5.63. The number of sulfonamides is 1. The number of hydrogen-bond acceptors (Lipinski definition) is 9. The van der Waals surface area contributed by atoms with Gasteiger partial charge in [0.15, 0.2) is 0 Å². The molecule has 0 spiro atoms. The minimum Gasteiger partial charge on any atom is -0.350 e. The lowest BCUT2D eigenvalue weighted by atomic mass is 10.0. The molecule has 49 heavy (non-hydrogen) atoms. The van der Waals surface area contributed by atoms with Crippen LogP contribution in [0.3, 0.4) is 0 Å². The molecular weight excluding hydrogens is 689 g/mol. The first-order valence-electron chi connectivity index (χ1n) is 16.1. The van der Waals surface area contributed by atoms with Crippen molar-refractivity contribution in [1.82, 2.24) is 30.9 Å². The van der Waals surface area contributed by atoms with Crippen molar-refractivity contribution < 1.29 is 32.4 Å². The molecule has 5 N–H and O–H groups in total. The first-order chi connectivity index (χ1) is 23.0. The predicted octanol–water partition coefficient (Wildman–Crippen LogP) is 1.48. The molecule has 2 heterocycles.